The number of nitrogens with one attached hydrogen (secondary N) is 1. The van der Waals surface area contributed by atoms with E-state index in [0.29, 0.717) is 24.1 Å². The zero-order chi connectivity index (χ0) is 21.7. The van der Waals surface area contributed by atoms with Crippen LogP contribution in [0.2, 0.25) is 0 Å². The molecule has 0 bridgehead atoms. The smallest absolute Gasteiger partial charge is 0.241 e. The maximum atomic E-state index is 12.1. The summed E-state index contributed by atoms with van der Waals surface area (Å²) in [5, 5.41) is 8.21. The Morgan fingerprint density at radius 1 is 1.13 bits per heavy atom. The molecule has 2 amide bonds. The van der Waals surface area contributed by atoms with Crippen molar-refractivity contribution in [1.29, 1.82) is 0 Å². The summed E-state index contributed by atoms with van der Waals surface area (Å²) in [4.78, 5) is 23.5. The minimum Gasteiger partial charge on any atom is -0.490 e. The van der Waals surface area contributed by atoms with Crippen LogP contribution in [0.15, 0.2) is 52.0 Å². The Balaban J connectivity index is 1.70. The first kappa shape index (κ1) is 22.2. The van der Waals surface area contributed by atoms with Crippen molar-refractivity contribution in [3.63, 3.8) is 0 Å². The van der Waals surface area contributed by atoms with Gasteiger partial charge in [0.1, 0.15) is 30.1 Å². The summed E-state index contributed by atoms with van der Waals surface area (Å²) in [6.45, 7) is 5.52. The molecule has 2 aromatic rings. The molecule has 0 saturated carbocycles. The number of halogens is 1. The molecule has 1 heterocycles. The molecule has 2 aromatic carbocycles. The summed E-state index contributed by atoms with van der Waals surface area (Å²) in [6.07, 6.45) is 0. The molecule has 3 rings (SSSR count). The maximum Gasteiger partial charge on any atom is 0.241 e. The molecule has 0 fully saturated rings. The van der Waals surface area contributed by atoms with E-state index in [4.69, 9.17) is 9.47 Å². The lowest BCUT2D eigenvalue weighted by Gasteiger charge is -2.22. The van der Waals surface area contributed by atoms with Gasteiger partial charge in [0.25, 0.3) is 0 Å². The number of aryl methyl sites for hydroxylation is 1. The van der Waals surface area contributed by atoms with Crippen molar-refractivity contribution in [2.75, 3.05) is 13.2 Å². The minimum absolute atomic E-state index is 0.223. The summed E-state index contributed by atoms with van der Waals surface area (Å²) < 4.78 is 12.7. The number of nitrogens with zero attached hydrogens (tertiary/aromatic N) is 2. The van der Waals surface area contributed by atoms with E-state index in [1.54, 1.807) is 0 Å². The number of amidine groups is 1. The van der Waals surface area contributed by atoms with Crippen LogP contribution in [0.4, 0.5) is 0 Å². The highest BCUT2D eigenvalue weighted by molar-refractivity contribution is 9.10. The van der Waals surface area contributed by atoms with Crippen molar-refractivity contribution in [2.24, 2.45) is 5.10 Å². The van der Waals surface area contributed by atoms with Crippen LogP contribution in [0.25, 0.3) is 0 Å². The Hall–Kier alpha value is -2.52. The molecule has 7 nitrogen and oxygen atoms in total. The summed E-state index contributed by atoms with van der Waals surface area (Å²) >= 11 is 4.69. The highest BCUT2D eigenvalue weighted by Crippen LogP contribution is 2.42. The Kier molecular flexibility index (Phi) is 7.38. The molecular formula is C21H22BrN3O4S. The number of thioether (sulfide) groups is 1. The van der Waals surface area contributed by atoms with Crippen molar-refractivity contribution in [3.05, 3.63) is 58.1 Å². The number of hydrazone groups is 1. The van der Waals surface area contributed by atoms with Crippen LogP contribution in [-0.2, 0) is 9.59 Å². The van der Waals surface area contributed by atoms with Crippen LogP contribution in [0.1, 0.15) is 30.3 Å². The predicted molar refractivity (Wildman–Crippen MR) is 120 cm³/mol. The molecule has 30 heavy (non-hydrogen) atoms. The second-order valence-corrected chi connectivity index (χ2v) is 8.60. The molecular weight excluding hydrogens is 470 g/mol. The third-order valence-electron chi connectivity index (χ3n) is 4.10. The largest absolute Gasteiger partial charge is 0.490 e. The van der Waals surface area contributed by atoms with Gasteiger partial charge in [-0.15, -0.1) is 5.10 Å². The van der Waals surface area contributed by atoms with Gasteiger partial charge < -0.3 is 14.8 Å². The lowest BCUT2D eigenvalue weighted by Crippen LogP contribution is -2.25. The maximum absolute atomic E-state index is 12.1. The van der Waals surface area contributed by atoms with Gasteiger partial charge in [0, 0.05) is 23.9 Å². The standard InChI is InChI=1S/C21H22BrN3O4S/c1-13-4-9-19(29-11-10-28-17-7-5-16(22)6-8-17)18(12-13)20-25(15(3)27)24-21(30-20)23-14(2)26/h4-9,12,20H,10-11H2,1-3H3,(H,23,24,26)/t20-/m1/s1. The van der Waals surface area contributed by atoms with Gasteiger partial charge >= 0.3 is 0 Å². The number of carbonyl (C=O) groups is 2. The second kappa shape index (κ2) is 9.99. The molecule has 0 unspecified atom stereocenters. The van der Waals surface area contributed by atoms with Gasteiger partial charge in [-0.25, -0.2) is 5.01 Å². The van der Waals surface area contributed by atoms with Crippen LogP contribution in [0.3, 0.4) is 0 Å². The lowest BCUT2D eigenvalue weighted by atomic mass is 10.1. The lowest BCUT2D eigenvalue weighted by molar-refractivity contribution is -0.129. The van der Waals surface area contributed by atoms with Crippen LogP contribution in [-0.4, -0.2) is 35.2 Å². The molecule has 158 valence electrons. The van der Waals surface area contributed by atoms with Crippen LogP contribution >= 0.6 is 27.7 Å². The molecule has 1 aliphatic rings. The number of benzene rings is 2. The number of carbonyl (C=O) groups excluding carboxylic acids is 2. The summed E-state index contributed by atoms with van der Waals surface area (Å²) in [6, 6.07) is 13.4. The van der Waals surface area contributed by atoms with Crippen LogP contribution < -0.4 is 14.8 Å². The average Bonchev–Trinajstić information content (AvgIpc) is 3.10. The molecule has 0 aliphatic carbocycles. The highest BCUT2D eigenvalue weighted by atomic mass is 79.9. The number of rotatable bonds is 6. The highest BCUT2D eigenvalue weighted by Gasteiger charge is 2.34. The summed E-state index contributed by atoms with van der Waals surface area (Å²) in [7, 11) is 0. The first-order valence-corrected chi connectivity index (χ1v) is 10.9. The predicted octanol–water partition coefficient (Wildman–Crippen LogP) is 4.22. The van der Waals surface area contributed by atoms with E-state index < -0.39 is 5.37 Å². The SMILES string of the molecule is CC(=O)NC1=NN(C(C)=O)[C@@H](c2cc(C)ccc2OCCOc2ccc(Br)cc2)S1. The van der Waals surface area contributed by atoms with E-state index in [1.807, 2.05) is 49.4 Å². The molecule has 1 atom stereocenters. The third kappa shape index (κ3) is 5.76. The third-order valence-corrected chi connectivity index (χ3v) is 5.72. The zero-order valence-electron chi connectivity index (χ0n) is 16.8. The van der Waals surface area contributed by atoms with E-state index >= 15 is 0 Å². The Labute approximate surface area is 187 Å². The Bertz CT molecular complexity index is 965. The normalized spacial score (nSPS) is 15.5. The fourth-order valence-electron chi connectivity index (χ4n) is 2.80. The fourth-order valence-corrected chi connectivity index (χ4v) is 4.22. The van der Waals surface area contributed by atoms with Gasteiger partial charge in [0.05, 0.1) is 0 Å². The first-order chi connectivity index (χ1) is 14.3. The van der Waals surface area contributed by atoms with Gasteiger partial charge in [0.15, 0.2) is 5.17 Å². The molecule has 0 spiro atoms. The number of hydrogen-bond acceptors (Lipinski definition) is 6. The summed E-state index contributed by atoms with van der Waals surface area (Å²) in [5.41, 5.74) is 1.84. The zero-order valence-corrected chi connectivity index (χ0v) is 19.2. The molecule has 0 radical (unpaired) electrons. The van der Waals surface area contributed by atoms with Crippen molar-refractivity contribution in [2.45, 2.75) is 26.1 Å². The monoisotopic (exact) mass is 491 g/mol. The van der Waals surface area contributed by atoms with Gasteiger partial charge in [0.2, 0.25) is 11.8 Å². The first-order valence-electron chi connectivity index (χ1n) is 9.28. The van der Waals surface area contributed by atoms with Crippen molar-refractivity contribution < 1.29 is 19.1 Å². The molecule has 0 saturated heterocycles. The molecule has 1 aliphatic heterocycles. The van der Waals surface area contributed by atoms with E-state index in [9.17, 15) is 9.59 Å². The van der Waals surface area contributed by atoms with Crippen molar-refractivity contribution >= 4 is 44.7 Å². The van der Waals surface area contributed by atoms with E-state index in [0.717, 1.165) is 21.3 Å². The Morgan fingerprint density at radius 2 is 1.83 bits per heavy atom. The van der Waals surface area contributed by atoms with Gasteiger partial charge in [-0.3, -0.25) is 9.59 Å². The Morgan fingerprint density at radius 3 is 2.50 bits per heavy atom. The van der Waals surface area contributed by atoms with Gasteiger partial charge in [-0.05, 0) is 43.3 Å². The molecule has 1 N–H and O–H groups in total. The summed E-state index contributed by atoms with van der Waals surface area (Å²) in [5.74, 6) is 0.937. The molecule has 9 heteroatoms. The van der Waals surface area contributed by atoms with Crippen LogP contribution in [0, 0.1) is 6.92 Å². The number of ether oxygens (including phenoxy) is 2. The van der Waals surface area contributed by atoms with Crippen LogP contribution in [0.5, 0.6) is 11.5 Å². The van der Waals surface area contributed by atoms with E-state index in [2.05, 4.69) is 26.3 Å². The van der Waals surface area contributed by atoms with E-state index in [1.165, 1.54) is 30.6 Å². The molecule has 0 aromatic heterocycles. The van der Waals surface area contributed by atoms with Gasteiger partial charge in [-0.2, -0.15) is 0 Å². The number of amides is 2. The van der Waals surface area contributed by atoms with Crippen molar-refractivity contribution in [3.8, 4) is 11.5 Å². The second-order valence-electron chi connectivity index (χ2n) is 6.61. The van der Waals surface area contributed by atoms with E-state index in [-0.39, 0.29) is 11.8 Å². The average molecular weight is 492 g/mol. The van der Waals surface area contributed by atoms with Crippen molar-refractivity contribution in [1.82, 2.24) is 10.3 Å². The topological polar surface area (TPSA) is 80.2 Å². The minimum atomic E-state index is -0.424. The number of hydrogen-bond donors (Lipinski definition) is 1. The van der Waals surface area contributed by atoms with Gasteiger partial charge in [-0.1, -0.05) is 39.3 Å². The fraction of sp³-hybridized carbons (Fsp3) is 0.286. The quantitative estimate of drug-likeness (QED) is 0.611.